The van der Waals surface area contributed by atoms with Gasteiger partial charge in [-0.15, -0.1) is 0 Å². The lowest BCUT2D eigenvalue weighted by Crippen LogP contribution is -2.47. The van der Waals surface area contributed by atoms with E-state index in [-0.39, 0.29) is 12.1 Å². The van der Waals surface area contributed by atoms with Crippen molar-refractivity contribution in [1.29, 1.82) is 0 Å². The highest BCUT2D eigenvalue weighted by molar-refractivity contribution is 5.66. The summed E-state index contributed by atoms with van der Waals surface area (Å²) in [5, 5.41) is 4.13. The number of nitrogens with zero attached hydrogens (tertiary/aromatic N) is 5. The maximum Gasteiger partial charge on any atom is 0.290 e. The molecule has 0 unspecified atom stereocenters. The summed E-state index contributed by atoms with van der Waals surface area (Å²) in [4.78, 5) is 10.8. The Balaban J connectivity index is 1.90. The zero-order chi connectivity index (χ0) is 15.5. The third kappa shape index (κ3) is 1.91. The van der Waals surface area contributed by atoms with Crippen LogP contribution in [0.5, 0.6) is 0 Å². The Hall–Kier alpha value is -2.05. The van der Waals surface area contributed by atoms with Gasteiger partial charge in [-0.05, 0) is 19.8 Å². The SMILES string of the molecule is C[C@H]1CCN1c1nc(-c2cnn(C)c2)c2c(n1)C(F)(F)CC2. The lowest BCUT2D eigenvalue weighted by atomic mass is 10.1. The van der Waals surface area contributed by atoms with Crippen molar-refractivity contribution in [3.8, 4) is 11.3 Å². The van der Waals surface area contributed by atoms with Gasteiger partial charge in [0.1, 0.15) is 5.69 Å². The van der Waals surface area contributed by atoms with Gasteiger partial charge in [-0.25, -0.2) is 9.97 Å². The molecule has 5 nitrogen and oxygen atoms in total. The second-order valence-electron chi connectivity index (χ2n) is 6.14. The summed E-state index contributed by atoms with van der Waals surface area (Å²) in [6.07, 6.45) is 4.63. The molecule has 4 rings (SSSR count). The first kappa shape index (κ1) is 13.6. The zero-order valence-corrected chi connectivity index (χ0v) is 12.6. The van der Waals surface area contributed by atoms with E-state index in [0.717, 1.165) is 18.5 Å². The van der Waals surface area contributed by atoms with E-state index < -0.39 is 5.92 Å². The number of halogens is 2. The van der Waals surface area contributed by atoms with E-state index in [0.29, 0.717) is 29.7 Å². The minimum absolute atomic E-state index is 0.101. The van der Waals surface area contributed by atoms with E-state index in [1.54, 1.807) is 17.9 Å². The van der Waals surface area contributed by atoms with Crippen molar-refractivity contribution in [3.63, 3.8) is 0 Å². The average molecular weight is 305 g/mol. The van der Waals surface area contributed by atoms with Gasteiger partial charge in [0.25, 0.3) is 5.92 Å². The summed E-state index contributed by atoms with van der Waals surface area (Å²) >= 11 is 0. The summed E-state index contributed by atoms with van der Waals surface area (Å²) in [5.74, 6) is -2.45. The van der Waals surface area contributed by atoms with Gasteiger partial charge in [0.2, 0.25) is 5.95 Å². The smallest absolute Gasteiger partial charge is 0.290 e. The van der Waals surface area contributed by atoms with Crippen LogP contribution in [0.1, 0.15) is 31.0 Å². The lowest BCUT2D eigenvalue weighted by Gasteiger charge is -2.39. The zero-order valence-electron chi connectivity index (χ0n) is 12.6. The van der Waals surface area contributed by atoms with Gasteiger partial charge in [0.15, 0.2) is 0 Å². The van der Waals surface area contributed by atoms with Crippen molar-refractivity contribution in [2.45, 2.75) is 38.2 Å². The molecule has 0 N–H and O–H groups in total. The topological polar surface area (TPSA) is 46.8 Å². The summed E-state index contributed by atoms with van der Waals surface area (Å²) in [7, 11) is 1.80. The Morgan fingerprint density at radius 2 is 2.14 bits per heavy atom. The molecule has 2 aliphatic rings. The normalized spacial score (nSPS) is 22.5. The van der Waals surface area contributed by atoms with E-state index >= 15 is 0 Å². The van der Waals surface area contributed by atoms with Crippen molar-refractivity contribution in [3.05, 3.63) is 23.7 Å². The van der Waals surface area contributed by atoms with Crippen molar-refractivity contribution >= 4 is 5.95 Å². The van der Waals surface area contributed by atoms with Gasteiger partial charge in [-0.2, -0.15) is 13.9 Å². The second kappa shape index (κ2) is 4.47. The van der Waals surface area contributed by atoms with Crippen molar-refractivity contribution in [2.24, 2.45) is 7.05 Å². The molecule has 0 amide bonds. The number of fused-ring (bicyclic) bond motifs is 1. The Morgan fingerprint density at radius 3 is 2.73 bits per heavy atom. The quantitative estimate of drug-likeness (QED) is 0.855. The third-order valence-electron chi connectivity index (χ3n) is 4.59. The van der Waals surface area contributed by atoms with E-state index in [1.807, 2.05) is 11.1 Å². The molecule has 0 saturated carbocycles. The second-order valence-corrected chi connectivity index (χ2v) is 6.14. The number of aromatic nitrogens is 4. The standard InChI is InChI=1S/C15H17F2N5/c1-9-4-6-22(9)14-19-12(10-7-18-21(2)8-10)11-3-5-15(16,17)13(11)20-14/h7-9H,3-6H2,1-2H3/t9-/m0/s1. The molecule has 1 fully saturated rings. The molecule has 0 aromatic carbocycles. The Labute approximate surface area is 127 Å². The number of alkyl halides is 2. The number of anilines is 1. The number of aryl methyl sites for hydroxylation is 1. The van der Waals surface area contributed by atoms with Crippen LogP contribution >= 0.6 is 0 Å². The van der Waals surface area contributed by atoms with Gasteiger partial charge in [0, 0.05) is 43.4 Å². The van der Waals surface area contributed by atoms with E-state index in [9.17, 15) is 8.78 Å². The predicted molar refractivity (Wildman–Crippen MR) is 77.9 cm³/mol. The van der Waals surface area contributed by atoms with Crippen LogP contribution < -0.4 is 4.90 Å². The summed E-state index contributed by atoms with van der Waals surface area (Å²) in [5.41, 5.74) is 1.84. The highest BCUT2D eigenvalue weighted by atomic mass is 19.3. The maximum atomic E-state index is 14.2. The molecule has 1 aliphatic heterocycles. The maximum absolute atomic E-state index is 14.2. The molecule has 0 spiro atoms. The first-order chi connectivity index (χ1) is 10.5. The molecule has 1 saturated heterocycles. The first-order valence-electron chi connectivity index (χ1n) is 7.50. The first-order valence-corrected chi connectivity index (χ1v) is 7.50. The molecule has 2 aromatic rings. The summed E-state index contributed by atoms with van der Waals surface area (Å²) in [6.45, 7) is 2.87. The number of hydrogen-bond donors (Lipinski definition) is 0. The minimum atomic E-state index is -2.86. The molecular formula is C15H17F2N5. The fourth-order valence-electron chi connectivity index (χ4n) is 3.14. The monoisotopic (exact) mass is 305 g/mol. The lowest BCUT2D eigenvalue weighted by molar-refractivity contribution is -0.00595. The molecule has 1 atom stereocenters. The molecule has 116 valence electrons. The molecule has 1 aliphatic carbocycles. The Bertz CT molecular complexity index is 740. The predicted octanol–water partition coefficient (Wildman–Crippen LogP) is 2.51. The van der Waals surface area contributed by atoms with Crippen LogP contribution in [0.15, 0.2) is 12.4 Å². The van der Waals surface area contributed by atoms with Crippen LogP contribution in [0.25, 0.3) is 11.3 Å². The van der Waals surface area contributed by atoms with E-state index in [1.165, 1.54) is 0 Å². The van der Waals surface area contributed by atoms with E-state index in [2.05, 4.69) is 22.0 Å². The van der Waals surface area contributed by atoms with Crippen LogP contribution in [-0.4, -0.2) is 32.3 Å². The van der Waals surface area contributed by atoms with Gasteiger partial charge < -0.3 is 4.90 Å². The molecule has 2 aromatic heterocycles. The highest BCUT2D eigenvalue weighted by Crippen LogP contribution is 2.44. The largest absolute Gasteiger partial charge is 0.338 e. The van der Waals surface area contributed by atoms with Gasteiger partial charge >= 0.3 is 0 Å². The Kier molecular flexibility index (Phi) is 2.76. The van der Waals surface area contributed by atoms with Crippen molar-refractivity contribution in [1.82, 2.24) is 19.7 Å². The summed E-state index contributed by atoms with van der Waals surface area (Å²) < 4.78 is 30.0. The van der Waals surface area contributed by atoms with Crippen LogP contribution in [0.2, 0.25) is 0 Å². The average Bonchev–Trinajstić information content (AvgIpc) is 3.01. The molecule has 7 heteroatoms. The van der Waals surface area contributed by atoms with Gasteiger partial charge in [0.05, 0.1) is 11.9 Å². The van der Waals surface area contributed by atoms with Gasteiger partial charge in [-0.1, -0.05) is 0 Å². The fraction of sp³-hybridized carbons (Fsp3) is 0.533. The van der Waals surface area contributed by atoms with Gasteiger partial charge in [-0.3, -0.25) is 4.68 Å². The van der Waals surface area contributed by atoms with Crippen molar-refractivity contribution in [2.75, 3.05) is 11.4 Å². The molecule has 3 heterocycles. The van der Waals surface area contributed by atoms with Crippen molar-refractivity contribution < 1.29 is 8.78 Å². The molecular weight excluding hydrogens is 288 g/mol. The van der Waals surface area contributed by atoms with Crippen LogP contribution in [-0.2, 0) is 19.4 Å². The fourth-order valence-corrected chi connectivity index (χ4v) is 3.14. The number of rotatable bonds is 2. The highest BCUT2D eigenvalue weighted by Gasteiger charge is 2.44. The molecule has 0 bridgehead atoms. The Morgan fingerprint density at radius 1 is 1.32 bits per heavy atom. The molecule has 22 heavy (non-hydrogen) atoms. The van der Waals surface area contributed by atoms with Crippen LogP contribution in [0.4, 0.5) is 14.7 Å². The van der Waals surface area contributed by atoms with E-state index in [4.69, 9.17) is 0 Å². The third-order valence-corrected chi connectivity index (χ3v) is 4.59. The molecule has 0 radical (unpaired) electrons. The van der Waals surface area contributed by atoms with Crippen LogP contribution in [0, 0.1) is 0 Å². The minimum Gasteiger partial charge on any atom is -0.338 e. The van der Waals surface area contributed by atoms with Crippen LogP contribution in [0.3, 0.4) is 0 Å². The number of hydrogen-bond acceptors (Lipinski definition) is 4. The summed E-state index contributed by atoms with van der Waals surface area (Å²) in [6, 6.07) is 0.301.